The predicted octanol–water partition coefficient (Wildman–Crippen LogP) is 1.31. The normalized spacial score (nSPS) is 9.71. The first-order chi connectivity index (χ1) is 7.97. The van der Waals surface area contributed by atoms with Crippen LogP contribution in [0.15, 0.2) is 24.8 Å². The summed E-state index contributed by atoms with van der Waals surface area (Å²) in [6.45, 7) is 3.83. The summed E-state index contributed by atoms with van der Waals surface area (Å²) >= 11 is 0. The van der Waals surface area contributed by atoms with Crippen molar-refractivity contribution in [1.82, 2.24) is 4.98 Å². The van der Waals surface area contributed by atoms with E-state index in [9.17, 15) is 14.9 Å². The van der Waals surface area contributed by atoms with Crippen LogP contribution >= 0.6 is 0 Å². The number of hydrogen-bond acceptors (Lipinski definition) is 5. The largest absolute Gasteiger partial charge is 0.477 e. The van der Waals surface area contributed by atoms with Crippen molar-refractivity contribution in [1.29, 1.82) is 0 Å². The molecule has 0 atom stereocenters. The standard InChI is InChI=1S/C10H11N3O4/c1-3-6-12(2)9-8(13(16)17)5-4-7(11-9)10(14)15/h3-5H,1,6H2,2H3,(H,14,15). The molecule has 1 N–H and O–H groups in total. The Morgan fingerprint density at radius 2 is 2.35 bits per heavy atom. The molecule has 0 spiro atoms. The Morgan fingerprint density at radius 1 is 1.71 bits per heavy atom. The number of hydrogen-bond donors (Lipinski definition) is 1. The molecule has 0 radical (unpaired) electrons. The van der Waals surface area contributed by atoms with Gasteiger partial charge in [0.1, 0.15) is 0 Å². The lowest BCUT2D eigenvalue weighted by molar-refractivity contribution is -0.384. The molecule has 0 unspecified atom stereocenters. The number of aromatic nitrogens is 1. The van der Waals surface area contributed by atoms with Gasteiger partial charge < -0.3 is 10.0 Å². The van der Waals surface area contributed by atoms with E-state index in [2.05, 4.69) is 11.6 Å². The van der Waals surface area contributed by atoms with E-state index in [0.717, 1.165) is 12.1 Å². The van der Waals surface area contributed by atoms with Crippen LogP contribution in [0, 0.1) is 10.1 Å². The first-order valence-corrected chi connectivity index (χ1v) is 4.68. The molecule has 0 saturated carbocycles. The van der Waals surface area contributed by atoms with Crippen molar-refractivity contribution < 1.29 is 14.8 Å². The minimum absolute atomic E-state index is 0.00907. The van der Waals surface area contributed by atoms with E-state index >= 15 is 0 Å². The summed E-state index contributed by atoms with van der Waals surface area (Å²) < 4.78 is 0. The van der Waals surface area contributed by atoms with E-state index in [4.69, 9.17) is 5.11 Å². The molecule has 0 aliphatic heterocycles. The Morgan fingerprint density at radius 3 is 2.82 bits per heavy atom. The Kier molecular flexibility index (Phi) is 3.76. The zero-order chi connectivity index (χ0) is 13.0. The van der Waals surface area contributed by atoms with Gasteiger partial charge in [-0.2, -0.15) is 0 Å². The molecule has 0 fully saturated rings. The van der Waals surface area contributed by atoms with Gasteiger partial charge in [0.2, 0.25) is 5.82 Å². The van der Waals surface area contributed by atoms with Crippen LogP contribution in [-0.4, -0.2) is 34.6 Å². The predicted molar refractivity (Wildman–Crippen MR) is 61.3 cm³/mol. The molecule has 0 aliphatic rings. The lowest BCUT2D eigenvalue weighted by Crippen LogP contribution is -2.20. The molecule has 17 heavy (non-hydrogen) atoms. The molecule has 7 nitrogen and oxygen atoms in total. The van der Waals surface area contributed by atoms with Crippen molar-refractivity contribution in [2.45, 2.75) is 0 Å². The Labute approximate surface area is 97.2 Å². The van der Waals surface area contributed by atoms with Crippen molar-refractivity contribution in [2.75, 3.05) is 18.5 Å². The number of carboxylic acid groups (broad SMARTS) is 1. The molecular formula is C10H11N3O4. The lowest BCUT2D eigenvalue weighted by Gasteiger charge is -2.15. The fourth-order valence-electron chi connectivity index (χ4n) is 1.26. The monoisotopic (exact) mass is 237 g/mol. The van der Waals surface area contributed by atoms with Gasteiger partial charge in [-0.25, -0.2) is 9.78 Å². The number of carbonyl (C=O) groups is 1. The van der Waals surface area contributed by atoms with Gasteiger partial charge in [0, 0.05) is 19.7 Å². The van der Waals surface area contributed by atoms with Crippen molar-refractivity contribution in [2.24, 2.45) is 0 Å². The fraction of sp³-hybridized carbons (Fsp3) is 0.200. The second-order valence-corrected chi connectivity index (χ2v) is 3.27. The minimum atomic E-state index is -1.23. The van der Waals surface area contributed by atoms with Gasteiger partial charge in [0.05, 0.1) is 4.92 Å². The molecule has 7 heteroatoms. The summed E-state index contributed by atoms with van der Waals surface area (Å²) in [5.74, 6) is -1.22. The van der Waals surface area contributed by atoms with Gasteiger partial charge in [-0.3, -0.25) is 10.1 Å². The Hall–Kier alpha value is -2.44. The highest BCUT2D eigenvalue weighted by atomic mass is 16.6. The minimum Gasteiger partial charge on any atom is -0.477 e. The molecule has 1 heterocycles. The highest BCUT2D eigenvalue weighted by Crippen LogP contribution is 2.25. The maximum atomic E-state index is 10.8. The topological polar surface area (TPSA) is 96.6 Å². The van der Waals surface area contributed by atoms with Gasteiger partial charge in [-0.1, -0.05) is 6.08 Å². The molecule has 1 aromatic heterocycles. The van der Waals surface area contributed by atoms with Gasteiger partial charge in [0.25, 0.3) is 0 Å². The van der Waals surface area contributed by atoms with E-state index in [1.165, 1.54) is 4.90 Å². The molecular weight excluding hydrogens is 226 g/mol. The second-order valence-electron chi connectivity index (χ2n) is 3.27. The van der Waals surface area contributed by atoms with Gasteiger partial charge in [0.15, 0.2) is 5.69 Å². The van der Waals surface area contributed by atoms with E-state index in [-0.39, 0.29) is 17.2 Å². The number of rotatable bonds is 5. The maximum Gasteiger partial charge on any atom is 0.354 e. The number of aromatic carboxylic acids is 1. The SMILES string of the molecule is C=CCN(C)c1nc(C(=O)O)ccc1[N+](=O)[O-]. The molecule has 0 amide bonds. The first-order valence-electron chi connectivity index (χ1n) is 4.68. The van der Waals surface area contributed by atoms with E-state index in [0.29, 0.717) is 6.54 Å². The summed E-state index contributed by atoms with van der Waals surface area (Å²) in [7, 11) is 1.57. The fourth-order valence-corrected chi connectivity index (χ4v) is 1.26. The lowest BCUT2D eigenvalue weighted by atomic mass is 10.3. The van der Waals surface area contributed by atoms with Gasteiger partial charge in [-0.05, 0) is 6.07 Å². The first kappa shape index (κ1) is 12.6. The third kappa shape index (κ3) is 2.77. The third-order valence-electron chi connectivity index (χ3n) is 2.03. The summed E-state index contributed by atoms with van der Waals surface area (Å²) in [5.41, 5.74) is -0.471. The van der Waals surface area contributed by atoms with Crippen molar-refractivity contribution in [3.8, 4) is 0 Å². The Bertz CT molecular complexity index is 473. The van der Waals surface area contributed by atoms with Crippen LogP contribution in [0.5, 0.6) is 0 Å². The van der Waals surface area contributed by atoms with Crippen LogP contribution in [0.4, 0.5) is 11.5 Å². The van der Waals surface area contributed by atoms with Crippen LogP contribution < -0.4 is 4.90 Å². The number of pyridine rings is 1. The average Bonchev–Trinajstić information content (AvgIpc) is 2.28. The van der Waals surface area contributed by atoms with Crippen molar-refractivity contribution in [3.05, 3.63) is 40.6 Å². The Balaban J connectivity index is 3.29. The van der Waals surface area contributed by atoms with E-state index in [1.807, 2.05) is 0 Å². The van der Waals surface area contributed by atoms with Crippen LogP contribution in [-0.2, 0) is 0 Å². The molecule has 0 saturated heterocycles. The van der Waals surface area contributed by atoms with Crippen LogP contribution in [0.1, 0.15) is 10.5 Å². The molecule has 1 rings (SSSR count). The zero-order valence-electron chi connectivity index (χ0n) is 9.16. The number of likely N-dealkylation sites (N-methyl/N-ethyl adjacent to an activating group) is 1. The van der Waals surface area contributed by atoms with Crippen molar-refractivity contribution >= 4 is 17.5 Å². The average molecular weight is 237 g/mol. The van der Waals surface area contributed by atoms with E-state index < -0.39 is 10.9 Å². The summed E-state index contributed by atoms with van der Waals surface area (Å²) in [6, 6.07) is 2.23. The number of nitro groups is 1. The van der Waals surface area contributed by atoms with Gasteiger partial charge in [-0.15, -0.1) is 6.58 Å². The van der Waals surface area contributed by atoms with Crippen LogP contribution in [0.2, 0.25) is 0 Å². The molecule has 1 aromatic rings. The zero-order valence-corrected chi connectivity index (χ0v) is 9.16. The quantitative estimate of drug-likeness (QED) is 0.471. The number of carboxylic acids is 1. The molecule has 0 aromatic carbocycles. The summed E-state index contributed by atoms with van der Waals surface area (Å²) in [5, 5.41) is 19.6. The van der Waals surface area contributed by atoms with Crippen molar-refractivity contribution in [3.63, 3.8) is 0 Å². The maximum absolute atomic E-state index is 10.8. The molecule has 0 bridgehead atoms. The van der Waals surface area contributed by atoms with Crippen LogP contribution in [0.25, 0.3) is 0 Å². The molecule has 0 aliphatic carbocycles. The summed E-state index contributed by atoms with van der Waals surface area (Å²) in [4.78, 5) is 26.1. The van der Waals surface area contributed by atoms with E-state index in [1.54, 1.807) is 13.1 Å². The number of nitrogens with zero attached hydrogens (tertiary/aromatic N) is 3. The summed E-state index contributed by atoms with van der Waals surface area (Å²) in [6.07, 6.45) is 1.54. The smallest absolute Gasteiger partial charge is 0.354 e. The molecule has 90 valence electrons. The second kappa shape index (κ2) is 5.06. The van der Waals surface area contributed by atoms with Gasteiger partial charge >= 0.3 is 11.7 Å². The highest BCUT2D eigenvalue weighted by Gasteiger charge is 2.20. The highest BCUT2D eigenvalue weighted by molar-refractivity contribution is 5.86. The number of anilines is 1. The third-order valence-corrected chi connectivity index (χ3v) is 2.03. The van der Waals surface area contributed by atoms with Crippen LogP contribution in [0.3, 0.4) is 0 Å².